The topological polar surface area (TPSA) is 57.3 Å². The van der Waals surface area contributed by atoms with Crippen molar-refractivity contribution in [3.8, 4) is 0 Å². The highest BCUT2D eigenvalue weighted by Crippen LogP contribution is 2.29. The van der Waals surface area contributed by atoms with Crippen molar-refractivity contribution in [1.82, 2.24) is 15.6 Å². The minimum atomic E-state index is 0.216. The number of piperidine rings is 2. The highest BCUT2D eigenvalue weighted by Gasteiger charge is 2.34. The van der Waals surface area contributed by atoms with Gasteiger partial charge in [0.15, 0.2) is 0 Å². The Balaban J connectivity index is 1.74. The second kappa shape index (κ2) is 5.79. The molecule has 3 heterocycles. The average Bonchev–Trinajstić information content (AvgIpc) is 2.48. The van der Waals surface area contributed by atoms with Crippen LogP contribution in [-0.4, -0.2) is 37.1 Å². The molecule has 0 bridgehead atoms. The maximum Gasteiger partial charge on any atom is 0.220 e. The molecule has 3 rings (SSSR count). The molecule has 2 fully saturated rings. The van der Waals surface area contributed by atoms with Crippen molar-refractivity contribution in [3.63, 3.8) is 0 Å². The maximum absolute atomic E-state index is 11.5. The third-order valence-electron chi connectivity index (χ3n) is 4.36. The molecule has 1 aromatic heterocycles. The Bertz CT molecular complexity index is 491. The van der Waals surface area contributed by atoms with Crippen molar-refractivity contribution in [2.45, 2.75) is 31.8 Å². The number of nitrogens with one attached hydrogen (secondary N) is 2. The highest BCUT2D eigenvalue weighted by atomic mass is 16.1. The molecule has 2 unspecified atom stereocenters. The summed E-state index contributed by atoms with van der Waals surface area (Å²) in [4.78, 5) is 18.4. The number of carbonyl (C=O) groups is 1. The van der Waals surface area contributed by atoms with Crippen molar-refractivity contribution >= 4 is 11.7 Å². The standard InChI is InChI=1S/C15H22N4O/c1-16-9-11-3-2-7-17-15(11)19-8-6-13-12(10-19)4-5-14(20)18-13/h2-3,7,12-13,16H,4-6,8-10H2,1H3,(H,18,20). The van der Waals surface area contributed by atoms with Crippen molar-refractivity contribution < 1.29 is 4.79 Å². The van der Waals surface area contributed by atoms with E-state index < -0.39 is 0 Å². The minimum absolute atomic E-state index is 0.216. The summed E-state index contributed by atoms with van der Waals surface area (Å²) < 4.78 is 0. The van der Waals surface area contributed by atoms with Crippen molar-refractivity contribution in [2.24, 2.45) is 5.92 Å². The van der Waals surface area contributed by atoms with Gasteiger partial charge in [0.2, 0.25) is 5.91 Å². The van der Waals surface area contributed by atoms with Gasteiger partial charge in [0.05, 0.1) is 0 Å². The van der Waals surface area contributed by atoms with Crippen molar-refractivity contribution in [1.29, 1.82) is 0 Å². The molecule has 2 N–H and O–H groups in total. The van der Waals surface area contributed by atoms with Gasteiger partial charge in [-0.1, -0.05) is 6.07 Å². The molecule has 0 spiro atoms. The summed E-state index contributed by atoms with van der Waals surface area (Å²) in [5.41, 5.74) is 1.24. The second-order valence-corrected chi connectivity index (χ2v) is 5.72. The minimum Gasteiger partial charge on any atom is -0.356 e. The summed E-state index contributed by atoms with van der Waals surface area (Å²) in [6, 6.07) is 4.49. The first kappa shape index (κ1) is 13.4. The van der Waals surface area contributed by atoms with Gasteiger partial charge in [0, 0.05) is 43.9 Å². The molecule has 2 atom stereocenters. The van der Waals surface area contributed by atoms with Gasteiger partial charge < -0.3 is 15.5 Å². The number of fused-ring (bicyclic) bond motifs is 1. The van der Waals surface area contributed by atoms with E-state index in [1.807, 2.05) is 19.3 Å². The zero-order valence-electron chi connectivity index (χ0n) is 11.9. The Morgan fingerprint density at radius 2 is 2.40 bits per heavy atom. The van der Waals surface area contributed by atoms with Crippen LogP contribution < -0.4 is 15.5 Å². The first-order valence-electron chi connectivity index (χ1n) is 7.40. The van der Waals surface area contributed by atoms with Gasteiger partial charge in [-0.05, 0) is 31.9 Å². The Kier molecular flexibility index (Phi) is 3.87. The fourth-order valence-corrected chi connectivity index (χ4v) is 3.35. The lowest BCUT2D eigenvalue weighted by Gasteiger charge is -2.42. The maximum atomic E-state index is 11.5. The Labute approximate surface area is 119 Å². The second-order valence-electron chi connectivity index (χ2n) is 5.72. The summed E-state index contributed by atoms with van der Waals surface area (Å²) in [5.74, 6) is 1.87. The lowest BCUT2D eigenvalue weighted by Crippen LogP contribution is -2.54. The molecule has 1 amide bonds. The van der Waals surface area contributed by atoms with Crippen molar-refractivity contribution in [3.05, 3.63) is 23.9 Å². The molecule has 0 radical (unpaired) electrons. The zero-order valence-corrected chi connectivity index (χ0v) is 11.9. The van der Waals surface area contributed by atoms with Gasteiger partial charge in [-0.3, -0.25) is 4.79 Å². The number of carbonyl (C=O) groups excluding carboxylic acids is 1. The van der Waals surface area contributed by atoms with E-state index >= 15 is 0 Å². The summed E-state index contributed by atoms with van der Waals surface area (Å²) in [5, 5.41) is 6.33. The Hall–Kier alpha value is -1.62. The van der Waals surface area contributed by atoms with Gasteiger partial charge in [0.1, 0.15) is 5.82 Å². The van der Waals surface area contributed by atoms with Gasteiger partial charge in [0.25, 0.3) is 0 Å². The van der Waals surface area contributed by atoms with Crippen molar-refractivity contribution in [2.75, 3.05) is 25.0 Å². The third kappa shape index (κ3) is 2.63. The molecule has 5 heteroatoms. The summed E-state index contributed by atoms with van der Waals surface area (Å²) in [6.45, 7) is 2.80. The lowest BCUT2D eigenvalue weighted by molar-refractivity contribution is -0.124. The number of rotatable bonds is 3. The number of aromatic nitrogens is 1. The first-order chi connectivity index (χ1) is 9.78. The number of amides is 1. The lowest BCUT2D eigenvalue weighted by atomic mass is 9.85. The van der Waals surface area contributed by atoms with Crippen LogP contribution in [0.5, 0.6) is 0 Å². The van der Waals surface area contributed by atoms with E-state index in [1.54, 1.807) is 0 Å². The largest absolute Gasteiger partial charge is 0.356 e. The Morgan fingerprint density at radius 3 is 3.25 bits per heavy atom. The van der Waals surface area contributed by atoms with Crippen LogP contribution in [0.3, 0.4) is 0 Å². The monoisotopic (exact) mass is 274 g/mol. The van der Waals surface area contributed by atoms with Crippen LogP contribution in [-0.2, 0) is 11.3 Å². The van der Waals surface area contributed by atoms with Crippen LogP contribution in [0.15, 0.2) is 18.3 Å². The number of anilines is 1. The molecule has 2 aliphatic rings. The fraction of sp³-hybridized carbons (Fsp3) is 0.600. The molecule has 0 saturated carbocycles. The van der Waals surface area contributed by atoms with E-state index in [2.05, 4.69) is 26.6 Å². The zero-order chi connectivity index (χ0) is 13.9. The average molecular weight is 274 g/mol. The van der Waals surface area contributed by atoms with E-state index in [0.717, 1.165) is 38.3 Å². The molecule has 108 valence electrons. The predicted molar refractivity (Wildman–Crippen MR) is 78.5 cm³/mol. The normalized spacial score (nSPS) is 26.1. The van der Waals surface area contributed by atoms with Crippen LogP contribution in [0.2, 0.25) is 0 Å². The summed E-state index contributed by atoms with van der Waals surface area (Å²) in [7, 11) is 1.96. The molecule has 1 aromatic rings. The van der Waals surface area contributed by atoms with E-state index in [4.69, 9.17) is 0 Å². The molecule has 20 heavy (non-hydrogen) atoms. The number of nitrogens with zero attached hydrogens (tertiary/aromatic N) is 2. The van der Waals surface area contributed by atoms with Crippen LogP contribution in [0.25, 0.3) is 0 Å². The van der Waals surface area contributed by atoms with E-state index in [1.165, 1.54) is 5.56 Å². The van der Waals surface area contributed by atoms with Crippen LogP contribution in [0, 0.1) is 5.92 Å². The fourth-order valence-electron chi connectivity index (χ4n) is 3.35. The van der Waals surface area contributed by atoms with Gasteiger partial charge in [-0.2, -0.15) is 0 Å². The van der Waals surface area contributed by atoms with Crippen LogP contribution >= 0.6 is 0 Å². The molecular weight excluding hydrogens is 252 g/mol. The molecule has 0 aromatic carbocycles. The van der Waals surface area contributed by atoms with E-state index in [-0.39, 0.29) is 5.91 Å². The first-order valence-corrected chi connectivity index (χ1v) is 7.40. The molecule has 5 nitrogen and oxygen atoms in total. The van der Waals surface area contributed by atoms with E-state index in [9.17, 15) is 4.79 Å². The smallest absolute Gasteiger partial charge is 0.220 e. The molecule has 0 aliphatic carbocycles. The SMILES string of the molecule is CNCc1cccnc1N1CCC2NC(=O)CCC2C1. The third-order valence-corrected chi connectivity index (χ3v) is 4.36. The quantitative estimate of drug-likeness (QED) is 0.860. The predicted octanol–water partition coefficient (Wildman–Crippen LogP) is 0.906. The van der Waals surface area contributed by atoms with E-state index in [0.29, 0.717) is 18.4 Å². The van der Waals surface area contributed by atoms with Crippen LogP contribution in [0.1, 0.15) is 24.8 Å². The van der Waals surface area contributed by atoms with Gasteiger partial charge in [-0.15, -0.1) is 0 Å². The molecule has 2 aliphatic heterocycles. The molecular formula is C15H22N4O. The molecule has 2 saturated heterocycles. The number of hydrogen-bond donors (Lipinski definition) is 2. The summed E-state index contributed by atoms with van der Waals surface area (Å²) >= 11 is 0. The number of pyridine rings is 1. The van der Waals surface area contributed by atoms with Gasteiger partial charge in [-0.25, -0.2) is 4.98 Å². The Morgan fingerprint density at radius 1 is 1.50 bits per heavy atom. The number of hydrogen-bond acceptors (Lipinski definition) is 4. The summed E-state index contributed by atoms with van der Waals surface area (Å²) in [6.07, 6.45) is 4.55. The highest BCUT2D eigenvalue weighted by molar-refractivity contribution is 5.77. The van der Waals surface area contributed by atoms with Crippen LogP contribution in [0.4, 0.5) is 5.82 Å². The van der Waals surface area contributed by atoms with Gasteiger partial charge >= 0.3 is 0 Å².